The van der Waals surface area contributed by atoms with Gasteiger partial charge in [0.15, 0.2) is 0 Å². The van der Waals surface area contributed by atoms with Gasteiger partial charge in [-0.05, 0) is 40.5 Å². The summed E-state index contributed by atoms with van der Waals surface area (Å²) in [7, 11) is 1.67. The van der Waals surface area contributed by atoms with Crippen molar-refractivity contribution in [2.45, 2.75) is 13.3 Å². The van der Waals surface area contributed by atoms with Gasteiger partial charge >= 0.3 is 0 Å². The highest BCUT2D eigenvalue weighted by Crippen LogP contribution is 2.17. The molecule has 0 saturated heterocycles. The highest BCUT2D eigenvalue weighted by molar-refractivity contribution is 9.10. The van der Waals surface area contributed by atoms with E-state index in [1.54, 1.807) is 11.9 Å². The Kier molecular flexibility index (Phi) is 5.95. The van der Waals surface area contributed by atoms with Crippen LogP contribution in [0.2, 0.25) is 0 Å². The minimum Gasteiger partial charge on any atom is -0.356 e. The molecule has 0 saturated carbocycles. The summed E-state index contributed by atoms with van der Waals surface area (Å²) >= 11 is 3.05. The second-order valence-corrected chi connectivity index (χ2v) is 5.05. The van der Waals surface area contributed by atoms with E-state index in [1.807, 2.05) is 0 Å². The molecule has 6 heteroatoms. The molecule has 19 heavy (non-hydrogen) atoms. The van der Waals surface area contributed by atoms with Crippen molar-refractivity contribution in [2.75, 3.05) is 20.1 Å². The van der Waals surface area contributed by atoms with Gasteiger partial charge in [0.05, 0.1) is 4.47 Å². The summed E-state index contributed by atoms with van der Waals surface area (Å²) in [4.78, 5) is 24.3. The number of benzene rings is 1. The lowest BCUT2D eigenvalue weighted by molar-refractivity contribution is -0.118. The zero-order chi connectivity index (χ0) is 14.4. The fourth-order valence-corrected chi connectivity index (χ4v) is 1.91. The van der Waals surface area contributed by atoms with Crippen LogP contribution >= 0.6 is 15.9 Å². The molecule has 0 aliphatic carbocycles. The molecule has 0 heterocycles. The maximum Gasteiger partial charge on any atom is 0.253 e. The van der Waals surface area contributed by atoms with Crippen LogP contribution in [0.1, 0.15) is 23.7 Å². The van der Waals surface area contributed by atoms with E-state index in [9.17, 15) is 14.0 Å². The smallest absolute Gasteiger partial charge is 0.253 e. The molecule has 104 valence electrons. The first-order valence-electron chi connectivity index (χ1n) is 5.86. The second kappa shape index (κ2) is 7.23. The van der Waals surface area contributed by atoms with Crippen LogP contribution in [0.3, 0.4) is 0 Å². The Morgan fingerprint density at radius 1 is 1.42 bits per heavy atom. The van der Waals surface area contributed by atoms with Gasteiger partial charge < -0.3 is 10.2 Å². The molecule has 0 radical (unpaired) electrons. The Hall–Kier alpha value is -1.43. The number of nitrogens with zero attached hydrogens (tertiary/aromatic N) is 1. The SMILES string of the molecule is CC(=O)NCCCN(C)C(=O)c1ccc(F)c(Br)c1. The van der Waals surface area contributed by atoms with E-state index < -0.39 is 5.82 Å². The summed E-state index contributed by atoms with van der Waals surface area (Å²) in [6.45, 7) is 2.50. The van der Waals surface area contributed by atoms with Gasteiger partial charge in [-0.15, -0.1) is 0 Å². The molecule has 0 aliphatic heterocycles. The standard InChI is InChI=1S/C13H16BrFN2O2/c1-9(18)16-6-3-7-17(2)13(19)10-4-5-12(15)11(14)8-10/h4-5,8H,3,6-7H2,1-2H3,(H,16,18). The molecule has 1 rings (SSSR count). The zero-order valence-corrected chi connectivity index (χ0v) is 12.5. The van der Waals surface area contributed by atoms with Gasteiger partial charge in [0.2, 0.25) is 5.91 Å². The third-order valence-corrected chi connectivity index (χ3v) is 3.17. The lowest BCUT2D eigenvalue weighted by Crippen LogP contribution is -2.30. The van der Waals surface area contributed by atoms with Crippen LogP contribution in [-0.4, -0.2) is 36.9 Å². The number of amides is 2. The van der Waals surface area contributed by atoms with E-state index >= 15 is 0 Å². The number of nitrogens with one attached hydrogen (secondary N) is 1. The van der Waals surface area contributed by atoms with Crippen LogP contribution in [0, 0.1) is 5.82 Å². The fourth-order valence-electron chi connectivity index (χ4n) is 1.53. The van der Waals surface area contributed by atoms with Gasteiger partial charge in [-0.2, -0.15) is 0 Å². The van der Waals surface area contributed by atoms with Crippen molar-refractivity contribution < 1.29 is 14.0 Å². The van der Waals surface area contributed by atoms with Gasteiger partial charge in [0, 0.05) is 32.6 Å². The van der Waals surface area contributed by atoms with Crippen molar-refractivity contribution in [3.05, 3.63) is 34.1 Å². The summed E-state index contributed by atoms with van der Waals surface area (Å²) < 4.78 is 13.3. The molecular formula is C13H16BrFN2O2. The topological polar surface area (TPSA) is 49.4 Å². The van der Waals surface area contributed by atoms with Crippen LogP contribution in [0.5, 0.6) is 0 Å². The molecule has 1 N–H and O–H groups in total. The summed E-state index contributed by atoms with van der Waals surface area (Å²) in [6, 6.07) is 4.16. The first-order valence-corrected chi connectivity index (χ1v) is 6.66. The third-order valence-electron chi connectivity index (χ3n) is 2.56. The van der Waals surface area contributed by atoms with E-state index in [4.69, 9.17) is 0 Å². The summed E-state index contributed by atoms with van der Waals surface area (Å²) in [6.07, 6.45) is 0.671. The Labute approximate surface area is 120 Å². The zero-order valence-electron chi connectivity index (χ0n) is 10.9. The number of rotatable bonds is 5. The van der Waals surface area contributed by atoms with Gasteiger partial charge in [-0.1, -0.05) is 0 Å². The molecule has 0 bridgehead atoms. The molecule has 0 spiro atoms. The highest BCUT2D eigenvalue weighted by Gasteiger charge is 2.12. The second-order valence-electron chi connectivity index (χ2n) is 4.19. The van der Waals surface area contributed by atoms with Gasteiger partial charge in [0.1, 0.15) is 5.82 Å². The summed E-state index contributed by atoms with van der Waals surface area (Å²) in [5, 5.41) is 2.66. The number of carbonyl (C=O) groups excluding carboxylic acids is 2. The van der Waals surface area contributed by atoms with E-state index in [-0.39, 0.29) is 16.3 Å². The minimum absolute atomic E-state index is 0.0866. The van der Waals surface area contributed by atoms with E-state index in [0.717, 1.165) is 0 Å². The maximum atomic E-state index is 13.1. The van der Waals surface area contributed by atoms with Crippen molar-refractivity contribution in [2.24, 2.45) is 0 Å². The minimum atomic E-state index is -0.398. The highest BCUT2D eigenvalue weighted by atomic mass is 79.9. The van der Waals surface area contributed by atoms with Crippen molar-refractivity contribution in [1.82, 2.24) is 10.2 Å². The summed E-state index contributed by atoms with van der Waals surface area (Å²) in [5.41, 5.74) is 0.426. The monoisotopic (exact) mass is 330 g/mol. The van der Waals surface area contributed by atoms with Crippen molar-refractivity contribution in [3.63, 3.8) is 0 Å². The number of hydrogen-bond donors (Lipinski definition) is 1. The maximum absolute atomic E-state index is 13.1. The molecule has 0 atom stereocenters. The van der Waals surface area contributed by atoms with E-state index in [1.165, 1.54) is 25.1 Å². The quantitative estimate of drug-likeness (QED) is 0.841. The molecule has 0 aromatic heterocycles. The molecular weight excluding hydrogens is 315 g/mol. The van der Waals surface area contributed by atoms with Crippen LogP contribution in [0.15, 0.2) is 22.7 Å². The Morgan fingerprint density at radius 3 is 2.68 bits per heavy atom. The molecule has 1 aromatic carbocycles. The predicted octanol–water partition coefficient (Wildman–Crippen LogP) is 2.19. The average Bonchev–Trinajstić information content (AvgIpc) is 2.36. The predicted molar refractivity (Wildman–Crippen MR) is 74.4 cm³/mol. The largest absolute Gasteiger partial charge is 0.356 e. The Balaban J connectivity index is 2.52. The van der Waals surface area contributed by atoms with Gasteiger partial charge in [-0.3, -0.25) is 9.59 Å². The fraction of sp³-hybridized carbons (Fsp3) is 0.385. The Morgan fingerprint density at radius 2 is 2.11 bits per heavy atom. The Bertz CT molecular complexity index is 480. The van der Waals surface area contributed by atoms with Gasteiger partial charge in [-0.25, -0.2) is 4.39 Å². The van der Waals surface area contributed by atoms with Crippen molar-refractivity contribution in [3.8, 4) is 0 Å². The third kappa shape index (κ3) is 4.98. The number of carbonyl (C=O) groups is 2. The first-order chi connectivity index (χ1) is 8.91. The van der Waals surface area contributed by atoms with Crippen LogP contribution < -0.4 is 5.32 Å². The lowest BCUT2D eigenvalue weighted by atomic mass is 10.2. The molecule has 1 aromatic rings. The van der Waals surface area contributed by atoms with Crippen LogP contribution in [-0.2, 0) is 4.79 Å². The van der Waals surface area contributed by atoms with Crippen LogP contribution in [0.4, 0.5) is 4.39 Å². The normalized spacial score (nSPS) is 10.1. The molecule has 0 fully saturated rings. The van der Waals surface area contributed by atoms with Crippen molar-refractivity contribution in [1.29, 1.82) is 0 Å². The van der Waals surface area contributed by atoms with Crippen molar-refractivity contribution >= 4 is 27.7 Å². The molecule has 2 amide bonds. The summed E-state index contributed by atoms with van der Waals surface area (Å²) in [5.74, 6) is -0.662. The van der Waals surface area contributed by atoms with E-state index in [2.05, 4.69) is 21.2 Å². The molecule has 0 unspecified atom stereocenters. The van der Waals surface area contributed by atoms with E-state index in [0.29, 0.717) is 25.1 Å². The average molecular weight is 331 g/mol. The molecule has 4 nitrogen and oxygen atoms in total. The number of halogens is 2. The number of hydrogen-bond acceptors (Lipinski definition) is 2. The van der Waals surface area contributed by atoms with Crippen LogP contribution in [0.25, 0.3) is 0 Å². The lowest BCUT2D eigenvalue weighted by Gasteiger charge is -2.17. The van der Waals surface area contributed by atoms with Gasteiger partial charge in [0.25, 0.3) is 5.91 Å². The molecule has 0 aliphatic rings. The first kappa shape index (κ1) is 15.6.